The van der Waals surface area contributed by atoms with Gasteiger partial charge in [-0.25, -0.2) is 0 Å². The molecule has 0 heterocycles. The fourth-order valence-corrected chi connectivity index (χ4v) is 0.913. The Kier molecular flexibility index (Phi) is 8.05. The Morgan fingerprint density at radius 2 is 2.08 bits per heavy atom. The van der Waals surface area contributed by atoms with E-state index < -0.39 is 0 Å². The molecule has 0 radical (unpaired) electrons. The highest BCUT2D eigenvalue weighted by atomic mass is 16.5. The van der Waals surface area contributed by atoms with Crippen molar-refractivity contribution in [2.45, 2.75) is 39.7 Å². The highest BCUT2D eigenvalue weighted by molar-refractivity contribution is 4.86. The fourth-order valence-electron chi connectivity index (χ4n) is 0.913. The van der Waals surface area contributed by atoms with E-state index >= 15 is 0 Å². The average molecular weight is 185 g/mol. The molecule has 13 heavy (non-hydrogen) atoms. The molecule has 1 N–H and O–H groups in total. The minimum Gasteiger partial charge on any atom is -0.381 e. The van der Waals surface area contributed by atoms with Crippen molar-refractivity contribution < 1.29 is 4.74 Å². The van der Waals surface area contributed by atoms with Crippen LogP contribution in [0.2, 0.25) is 0 Å². The third kappa shape index (κ3) is 11.7. The lowest BCUT2D eigenvalue weighted by atomic mass is 10.3. The number of hydrogen-bond acceptors (Lipinski definition) is 2. The monoisotopic (exact) mass is 185 g/mol. The summed E-state index contributed by atoms with van der Waals surface area (Å²) in [6.45, 7) is 12.9. The van der Waals surface area contributed by atoms with Crippen molar-refractivity contribution in [2.24, 2.45) is 0 Å². The second-order valence-electron chi connectivity index (χ2n) is 3.78. The first-order valence-electron chi connectivity index (χ1n) is 5.08. The highest BCUT2D eigenvalue weighted by Gasteiger charge is 1.92. The molecule has 0 aromatic carbocycles. The molecular formula is C11H23NO. The van der Waals surface area contributed by atoms with Crippen LogP contribution in [0.5, 0.6) is 0 Å². The predicted octanol–water partition coefficient (Wildman–Crippen LogP) is 2.36. The van der Waals surface area contributed by atoms with E-state index in [0.29, 0.717) is 6.04 Å². The van der Waals surface area contributed by atoms with E-state index in [0.717, 1.165) is 32.6 Å². The number of nitrogens with one attached hydrogen (secondary N) is 1. The molecule has 2 heteroatoms. The third-order valence-electron chi connectivity index (χ3n) is 1.69. The minimum absolute atomic E-state index is 0.579. The SMILES string of the molecule is C=C(C)CCOCCCNC(C)C. The maximum Gasteiger partial charge on any atom is 0.0502 e. The standard InChI is InChI=1S/C11H23NO/c1-10(2)6-9-13-8-5-7-12-11(3)4/h11-12H,1,5-9H2,2-4H3. The summed E-state index contributed by atoms with van der Waals surface area (Å²) < 4.78 is 5.43. The van der Waals surface area contributed by atoms with Gasteiger partial charge in [0.2, 0.25) is 0 Å². The summed E-state index contributed by atoms with van der Waals surface area (Å²) in [5.41, 5.74) is 1.19. The van der Waals surface area contributed by atoms with Gasteiger partial charge in [0, 0.05) is 12.6 Å². The van der Waals surface area contributed by atoms with Crippen LogP contribution in [0.25, 0.3) is 0 Å². The molecule has 0 aliphatic heterocycles. The van der Waals surface area contributed by atoms with Crippen molar-refractivity contribution in [3.8, 4) is 0 Å². The summed E-state index contributed by atoms with van der Waals surface area (Å²) in [7, 11) is 0. The Morgan fingerprint density at radius 1 is 1.38 bits per heavy atom. The van der Waals surface area contributed by atoms with Gasteiger partial charge in [0.05, 0.1) is 6.61 Å². The zero-order chi connectivity index (χ0) is 10.1. The summed E-state index contributed by atoms with van der Waals surface area (Å²) in [6, 6.07) is 0.579. The van der Waals surface area contributed by atoms with Crippen molar-refractivity contribution in [2.75, 3.05) is 19.8 Å². The molecule has 0 atom stereocenters. The first-order chi connectivity index (χ1) is 6.13. The minimum atomic E-state index is 0.579. The maximum absolute atomic E-state index is 5.43. The van der Waals surface area contributed by atoms with Crippen molar-refractivity contribution in [3.05, 3.63) is 12.2 Å². The van der Waals surface area contributed by atoms with Gasteiger partial charge in [-0.3, -0.25) is 0 Å². The van der Waals surface area contributed by atoms with Crippen LogP contribution in [0.15, 0.2) is 12.2 Å². The second-order valence-corrected chi connectivity index (χ2v) is 3.78. The molecule has 0 spiro atoms. The van der Waals surface area contributed by atoms with E-state index in [4.69, 9.17) is 4.74 Å². The summed E-state index contributed by atoms with van der Waals surface area (Å²) in [5.74, 6) is 0. The predicted molar refractivity (Wildman–Crippen MR) is 58.0 cm³/mol. The van der Waals surface area contributed by atoms with Crippen molar-refractivity contribution in [1.29, 1.82) is 0 Å². The van der Waals surface area contributed by atoms with Crippen LogP contribution in [-0.2, 0) is 4.74 Å². The van der Waals surface area contributed by atoms with E-state index in [1.807, 2.05) is 6.92 Å². The molecule has 0 aliphatic carbocycles. The van der Waals surface area contributed by atoms with Gasteiger partial charge < -0.3 is 10.1 Å². The van der Waals surface area contributed by atoms with E-state index in [1.165, 1.54) is 5.57 Å². The van der Waals surface area contributed by atoms with Gasteiger partial charge in [-0.1, -0.05) is 19.4 Å². The molecule has 0 aliphatic rings. The summed E-state index contributed by atoms with van der Waals surface area (Å²) in [5, 5.41) is 3.35. The Balaban J connectivity index is 2.96. The molecule has 78 valence electrons. The van der Waals surface area contributed by atoms with Crippen LogP contribution in [0.1, 0.15) is 33.6 Å². The van der Waals surface area contributed by atoms with E-state index in [-0.39, 0.29) is 0 Å². The zero-order valence-corrected chi connectivity index (χ0v) is 9.23. The topological polar surface area (TPSA) is 21.3 Å². The molecule has 0 amide bonds. The van der Waals surface area contributed by atoms with Crippen molar-refractivity contribution in [3.63, 3.8) is 0 Å². The molecule has 2 nitrogen and oxygen atoms in total. The lowest BCUT2D eigenvalue weighted by molar-refractivity contribution is 0.134. The largest absolute Gasteiger partial charge is 0.381 e. The number of hydrogen-bond donors (Lipinski definition) is 1. The lowest BCUT2D eigenvalue weighted by Gasteiger charge is -2.08. The van der Waals surface area contributed by atoms with Crippen molar-refractivity contribution >= 4 is 0 Å². The molecular weight excluding hydrogens is 162 g/mol. The van der Waals surface area contributed by atoms with Crippen LogP contribution in [0.4, 0.5) is 0 Å². The van der Waals surface area contributed by atoms with Gasteiger partial charge in [-0.2, -0.15) is 0 Å². The van der Waals surface area contributed by atoms with Gasteiger partial charge in [0.1, 0.15) is 0 Å². The molecule has 0 bridgehead atoms. The first kappa shape index (κ1) is 12.7. The summed E-state index contributed by atoms with van der Waals surface area (Å²) in [4.78, 5) is 0. The van der Waals surface area contributed by atoms with E-state index in [9.17, 15) is 0 Å². The fraction of sp³-hybridized carbons (Fsp3) is 0.818. The Labute approximate surface area is 82.4 Å². The van der Waals surface area contributed by atoms with E-state index in [1.54, 1.807) is 0 Å². The summed E-state index contributed by atoms with van der Waals surface area (Å²) >= 11 is 0. The average Bonchev–Trinajstić information content (AvgIpc) is 2.01. The molecule has 0 saturated heterocycles. The normalized spacial score (nSPS) is 10.8. The molecule has 0 rings (SSSR count). The summed E-state index contributed by atoms with van der Waals surface area (Å²) in [6.07, 6.45) is 2.08. The molecule has 0 unspecified atom stereocenters. The van der Waals surface area contributed by atoms with Crippen LogP contribution in [0.3, 0.4) is 0 Å². The van der Waals surface area contributed by atoms with Gasteiger partial charge in [-0.05, 0) is 26.3 Å². The van der Waals surface area contributed by atoms with E-state index in [2.05, 4.69) is 25.7 Å². The van der Waals surface area contributed by atoms with Crippen LogP contribution < -0.4 is 5.32 Å². The Morgan fingerprint density at radius 3 is 2.62 bits per heavy atom. The number of ether oxygens (including phenoxy) is 1. The lowest BCUT2D eigenvalue weighted by Crippen LogP contribution is -2.24. The molecule has 0 fully saturated rings. The quantitative estimate of drug-likeness (QED) is 0.463. The van der Waals surface area contributed by atoms with Gasteiger partial charge in [-0.15, -0.1) is 6.58 Å². The van der Waals surface area contributed by atoms with Gasteiger partial charge in [0.15, 0.2) is 0 Å². The zero-order valence-electron chi connectivity index (χ0n) is 9.23. The smallest absolute Gasteiger partial charge is 0.0502 e. The molecule has 0 aromatic rings. The maximum atomic E-state index is 5.43. The van der Waals surface area contributed by atoms with Crippen LogP contribution in [0, 0.1) is 0 Å². The Bertz CT molecular complexity index is 132. The third-order valence-corrected chi connectivity index (χ3v) is 1.69. The second kappa shape index (κ2) is 8.27. The highest BCUT2D eigenvalue weighted by Crippen LogP contribution is 1.95. The van der Waals surface area contributed by atoms with Gasteiger partial charge >= 0.3 is 0 Å². The number of rotatable bonds is 8. The Hall–Kier alpha value is -0.340. The van der Waals surface area contributed by atoms with Crippen molar-refractivity contribution in [1.82, 2.24) is 5.32 Å². The first-order valence-corrected chi connectivity index (χ1v) is 5.08. The molecule has 0 saturated carbocycles. The van der Waals surface area contributed by atoms with Crippen LogP contribution >= 0.6 is 0 Å². The van der Waals surface area contributed by atoms with Crippen LogP contribution in [-0.4, -0.2) is 25.8 Å². The molecule has 0 aromatic heterocycles. The van der Waals surface area contributed by atoms with Gasteiger partial charge in [0.25, 0.3) is 0 Å².